The van der Waals surface area contributed by atoms with Gasteiger partial charge < -0.3 is 15.5 Å². The third kappa shape index (κ3) is 6.64. The normalized spacial score (nSPS) is 16.7. The van der Waals surface area contributed by atoms with Gasteiger partial charge in [-0.1, -0.05) is 13.8 Å². The number of hydrogen-bond acceptors (Lipinski definition) is 3. The molecule has 1 saturated heterocycles. The van der Waals surface area contributed by atoms with Crippen LogP contribution in [-0.2, 0) is 4.79 Å². The molecule has 1 rings (SSSR count). The fraction of sp³-hybridized carbons (Fsp3) is 0.875. The van der Waals surface area contributed by atoms with Crippen molar-refractivity contribution in [1.82, 2.24) is 20.4 Å². The lowest BCUT2D eigenvalue weighted by molar-refractivity contribution is -0.123. The molecule has 0 aliphatic carbocycles. The highest BCUT2D eigenvalue weighted by Gasteiger charge is 2.24. The van der Waals surface area contributed by atoms with Crippen LogP contribution in [0.15, 0.2) is 0 Å². The van der Waals surface area contributed by atoms with Gasteiger partial charge in [-0.2, -0.15) is 0 Å². The maximum atomic E-state index is 12.2. The van der Waals surface area contributed by atoms with Crippen molar-refractivity contribution in [2.24, 2.45) is 0 Å². The standard InChI is InChI=1S/C16H32N4O2/c1-6-13(7-2)17-15(22)20-10-8-19(9-11-20)12-14(21)18-16(3,4)5/h13H,6-12H2,1-5H3,(H,17,22)(H,18,21). The number of nitrogens with zero attached hydrogens (tertiary/aromatic N) is 2. The first kappa shape index (κ1) is 18.7. The van der Waals surface area contributed by atoms with E-state index in [1.807, 2.05) is 25.7 Å². The molecule has 1 heterocycles. The molecule has 0 unspecified atom stereocenters. The van der Waals surface area contributed by atoms with E-state index in [4.69, 9.17) is 0 Å². The maximum absolute atomic E-state index is 12.2. The lowest BCUT2D eigenvalue weighted by Crippen LogP contribution is -2.55. The predicted molar refractivity (Wildman–Crippen MR) is 88.8 cm³/mol. The van der Waals surface area contributed by atoms with Crippen LogP contribution in [0.2, 0.25) is 0 Å². The summed E-state index contributed by atoms with van der Waals surface area (Å²) in [5.74, 6) is 0.0439. The van der Waals surface area contributed by atoms with Crippen molar-refractivity contribution in [1.29, 1.82) is 0 Å². The van der Waals surface area contributed by atoms with Gasteiger partial charge in [0.05, 0.1) is 6.54 Å². The fourth-order valence-electron chi connectivity index (χ4n) is 2.53. The molecule has 6 heteroatoms. The van der Waals surface area contributed by atoms with E-state index in [0.29, 0.717) is 19.6 Å². The summed E-state index contributed by atoms with van der Waals surface area (Å²) in [5.41, 5.74) is -0.200. The topological polar surface area (TPSA) is 64.7 Å². The van der Waals surface area contributed by atoms with E-state index in [1.54, 1.807) is 0 Å². The largest absolute Gasteiger partial charge is 0.350 e. The molecule has 0 radical (unpaired) electrons. The van der Waals surface area contributed by atoms with Crippen molar-refractivity contribution in [2.45, 2.75) is 59.0 Å². The Balaban J connectivity index is 2.34. The SMILES string of the molecule is CCC(CC)NC(=O)N1CCN(CC(=O)NC(C)(C)C)CC1. The van der Waals surface area contributed by atoms with Gasteiger partial charge in [0, 0.05) is 37.8 Å². The van der Waals surface area contributed by atoms with Gasteiger partial charge in [-0.3, -0.25) is 9.69 Å². The average molecular weight is 312 g/mol. The summed E-state index contributed by atoms with van der Waals surface area (Å²) >= 11 is 0. The van der Waals surface area contributed by atoms with Crippen LogP contribution in [0.3, 0.4) is 0 Å². The third-order valence-corrected chi connectivity index (χ3v) is 3.85. The van der Waals surface area contributed by atoms with Crippen LogP contribution in [0.4, 0.5) is 4.79 Å². The Hall–Kier alpha value is -1.30. The van der Waals surface area contributed by atoms with Gasteiger partial charge in [0.2, 0.25) is 5.91 Å². The predicted octanol–water partition coefficient (Wildman–Crippen LogP) is 1.42. The van der Waals surface area contributed by atoms with Gasteiger partial charge in [-0.05, 0) is 33.6 Å². The summed E-state index contributed by atoms with van der Waals surface area (Å²) in [6.07, 6.45) is 1.91. The molecule has 6 nitrogen and oxygen atoms in total. The lowest BCUT2D eigenvalue weighted by Gasteiger charge is -2.35. The molecule has 0 bridgehead atoms. The molecule has 0 saturated carbocycles. The summed E-state index contributed by atoms with van der Waals surface area (Å²) in [4.78, 5) is 28.0. The second kappa shape index (κ2) is 8.36. The number of hydrogen-bond donors (Lipinski definition) is 2. The summed E-state index contributed by atoms with van der Waals surface area (Å²) in [7, 11) is 0. The Labute approximate surface area is 134 Å². The molecular weight excluding hydrogens is 280 g/mol. The fourth-order valence-corrected chi connectivity index (χ4v) is 2.53. The number of urea groups is 1. The number of amides is 3. The van der Waals surface area contributed by atoms with E-state index in [2.05, 4.69) is 29.4 Å². The first-order valence-corrected chi connectivity index (χ1v) is 8.34. The van der Waals surface area contributed by atoms with E-state index in [0.717, 1.165) is 25.9 Å². The Morgan fingerprint density at radius 2 is 1.59 bits per heavy atom. The third-order valence-electron chi connectivity index (χ3n) is 3.85. The van der Waals surface area contributed by atoms with Crippen LogP contribution in [0.1, 0.15) is 47.5 Å². The number of rotatable bonds is 5. The molecule has 2 N–H and O–H groups in total. The first-order chi connectivity index (χ1) is 10.2. The zero-order valence-corrected chi connectivity index (χ0v) is 14.7. The number of piperazine rings is 1. The number of nitrogens with one attached hydrogen (secondary N) is 2. The van der Waals surface area contributed by atoms with E-state index in [9.17, 15) is 9.59 Å². The van der Waals surface area contributed by atoms with Crippen LogP contribution >= 0.6 is 0 Å². The van der Waals surface area contributed by atoms with Gasteiger partial charge in [0.25, 0.3) is 0 Å². The quantitative estimate of drug-likeness (QED) is 0.807. The van der Waals surface area contributed by atoms with Crippen LogP contribution in [0.25, 0.3) is 0 Å². The van der Waals surface area contributed by atoms with Gasteiger partial charge in [0.1, 0.15) is 0 Å². The van der Waals surface area contributed by atoms with Crippen molar-refractivity contribution in [3.63, 3.8) is 0 Å². The molecule has 0 aromatic rings. The summed E-state index contributed by atoms with van der Waals surface area (Å²) < 4.78 is 0. The van der Waals surface area contributed by atoms with Gasteiger partial charge in [-0.25, -0.2) is 4.79 Å². The van der Waals surface area contributed by atoms with Crippen molar-refractivity contribution < 1.29 is 9.59 Å². The zero-order valence-electron chi connectivity index (χ0n) is 14.7. The highest BCUT2D eigenvalue weighted by atomic mass is 16.2. The van der Waals surface area contributed by atoms with Gasteiger partial charge in [0.15, 0.2) is 0 Å². The maximum Gasteiger partial charge on any atom is 0.317 e. The van der Waals surface area contributed by atoms with E-state index >= 15 is 0 Å². The molecule has 0 atom stereocenters. The molecule has 0 aromatic heterocycles. The Bertz CT molecular complexity index is 367. The number of carbonyl (C=O) groups excluding carboxylic acids is 2. The zero-order chi connectivity index (χ0) is 16.8. The minimum Gasteiger partial charge on any atom is -0.350 e. The van der Waals surface area contributed by atoms with Gasteiger partial charge >= 0.3 is 6.03 Å². The van der Waals surface area contributed by atoms with Crippen molar-refractivity contribution in [3.8, 4) is 0 Å². The summed E-state index contributed by atoms with van der Waals surface area (Å²) in [6, 6.07) is 0.274. The smallest absolute Gasteiger partial charge is 0.317 e. The Kier molecular flexibility index (Phi) is 7.13. The highest BCUT2D eigenvalue weighted by molar-refractivity contribution is 5.79. The molecule has 1 aliphatic heterocycles. The minimum absolute atomic E-state index is 0.0208. The van der Waals surface area contributed by atoms with E-state index in [1.165, 1.54) is 0 Å². The van der Waals surface area contributed by atoms with Crippen molar-refractivity contribution >= 4 is 11.9 Å². The minimum atomic E-state index is -0.200. The van der Waals surface area contributed by atoms with Crippen molar-refractivity contribution in [2.75, 3.05) is 32.7 Å². The van der Waals surface area contributed by atoms with Crippen molar-refractivity contribution in [3.05, 3.63) is 0 Å². The first-order valence-electron chi connectivity index (χ1n) is 8.34. The second-order valence-electron chi connectivity index (χ2n) is 7.02. The van der Waals surface area contributed by atoms with E-state index in [-0.39, 0.29) is 23.5 Å². The highest BCUT2D eigenvalue weighted by Crippen LogP contribution is 2.05. The molecule has 22 heavy (non-hydrogen) atoms. The van der Waals surface area contributed by atoms with E-state index < -0.39 is 0 Å². The second-order valence-corrected chi connectivity index (χ2v) is 7.02. The Morgan fingerprint density at radius 3 is 2.05 bits per heavy atom. The van der Waals surface area contributed by atoms with Gasteiger partial charge in [-0.15, -0.1) is 0 Å². The van der Waals surface area contributed by atoms with Crippen LogP contribution < -0.4 is 10.6 Å². The summed E-state index contributed by atoms with van der Waals surface area (Å²) in [6.45, 7) is 13.3. The molecule has 128 valence electrons. The molecule has 0 spiro atoms. The molecule has 1 aliphatic rings. The van der Waals surface area contributed by atoms with Crippen LogP contribution in [0.5, 0.6) is 0 Å². The lowest BCUT2D eigenvalue weighted by atomic mass is 10.1. The Morgan fingerprint density at radius 1 is 1.05 bits per heavy atom. The van der Waals surface area contributed by atoms with Crippen LogP contribution in [-0.4, -0.2) is 66.0 Å². The summed E-state index contributed by atoms with van der Waals surface area (Å²) in [5, 5.41) is 6.03. The monoisotopic (exact) mass is 312 g/mol. The number of carbonyl (C=O) groups is 2. The molecule has 3 amide bonds. The molecular formula is C16H32N4O2. The average Bonchev–Trinajstić information content (AvgIpc) is 2.43. The molecule has 1 fully saturated rings. The van der Waals surface area contributed by atoms with Crippen LogP contribution in [0, 0.1) is 0 Å². The molecule has 0 aromatic carbocycles.